The Balaban J connectivity index is 1.95. The van der Waals surface area contributed by atoms with Crippen LogP contribution in [0.15, 0.2) is 47.1 Å². The summed E-state index contributed by atoms with van der Waals surface area (Å²) in [5.74, 6) is 1.96. The van der Waals surface area contributed by atoms with E-state index in [9.17, 15) is 4.79 Å². The first-order chi connectivity index (χ1) is 12.2. The lowest BCUT2D eigenvalue weighted by Crippen LogP contribution is -2.19. The van der Waals surface area contributed by atoms with Crippen molar-refractivity contribution in [1.29, 1.82) is 0 Å². The van der Waals surface area contributed by atoms with Crippen LogP contribution in [-0.2, 0) is 11.3 Å². The van der Waals surface area contributed by atoms with Gasteiger partial charge >= 0.3 is 0 Å². The number of amides is 1. The quantitative estimate of drug-likeness (QED) is 0.519. The number of rotatable bonds is 10. The van der Waals surface area contributed by atoms with E-state index >= 15 is 0 Å². The summed E-state index contributed by atoms with van der Waals surface area (Å²) in [6.07, 6.45) is 6.90. The minimum absolute atomic E-state index is 0.183. The maximum absolute atomic E-state index is 11.9. The Morgan fingerprint density at radius 1 is 1.20 bits per heavy atom. The maximum Gasteiger partial charge on any atom is 0.244 e. The second-order valence-electron chi connectivity index (χ2n) is 5.47. The molecule has 0 aliphatic carbocycles. The van der Waals surface area contributed by atoms with Gasteiger partial charge in [-0.1, -0.05) is 19.4 Å². The Kier molecular flexibility index (Phi) is 7.63. The molecule has 25 heavy (non-hydrogen) atoms. The van der Waals surface area contributed by atoms with Crippen LogP contribution in [0.1, 0.15) is 38.0 Å². The first kappa shape index (κ1) is 18.6. The normalized spacial score (nSPS) is 10.8. The smallest absolute Gasteiger partial charge is 0.244 e. The van der Waals surface area contributed by atoms with E-state index in [0.29, 0.717) is 31.3 Å². The lowest BCUT2D eigenvalue weighted by Gasteiger charge is -2.12. The van der Waals surface area contributed by atoms with E-state index in [4.69, 9.17) is 13.9 Å². The van der Waals surface area contributed by atoms with Crippen molar-refractivity contribution in [2.75, 3.05) is 13.2 Å². The predicted octanol–water partition coefficient (Wildman–Crippen LogP) is 4.19. The van der Waals surface area contributed by atoms with Crippen molar-refractivity contribution in [3.05, 3.63) is 54.0 Å². The van der Waals surface area contributed by atoms with Crippen LogP contribution in [0.5, 0.6) is 11.5 Å². The minimum Gasteiger partial charge on any atom is -0.490 e. The summed E-state index contributed by atoms with van der Waals surface area (Å²) < 4.78 is 16.6. The van der Waals surface area contributed by atoms with Crippen LogP contribution < -0.4 is 14.8 Å². The van der Waals surface area contributed by atoms with Gasteiger partial charge < -0.3 is 19.2 Å². The molecule has 0 fully saturated rings. The van der Waals surface area contributed by atoms with Crippen molar-refractivity contribution >= 4 is 12.0 Å². The first-order valence-corrected chi connectivity index (χ1v) is 8.60. The van der Waals surface area contributed by atoms with Gasteiger partial charge in [0.15, 0.2) is 11.5 Å². The molecule has 0 atom stereocenters. The molecule has 0 saturated carbocycles. The molecule has 0 bridgehead atoms. The van der Waals surface area contributed by atoms with E-state index in [1.54, 1.807) is 18.4 Å². The summed E-state index contributed by atoms with van der Waals surface area (Å²) in [5.41, 5.74) is 0.874. The topological polar surface area (TPSA) is 60.7 Å². The number of furan rings is 1. The molecule has 1 N–H and O–H groups in total. The molecule has 134 valence electrons. The van der Waals surface area contributed by atoms with E-state index in [0.717, 1.165) is 24.2 Å². The van der Waals surface area contributed by atoms with Crippen LogP contribution in [0.2, 0.25) is 0 Å². The summed E-state index contributed by atoms with van der Waals surface area (Å²) in [5, 5.41) is 2.77. The number of carbonyl (C=O) groups is 1. The zero-order valence-corrected chi connectivity index (χ0v) is 14.8. The molecule has 0 spiro atoms. The minimum atomic E-state index is -0.183. The lowest BCUT2D eigenvalue weighted by molar-refractivity contribution is -0.116. The molecule has 0 saturated heterocycles. The Bertz CT molecular complexity index is 677. The zero-order chi connectivity index (χ0) is 17.9. The van der Waals surface area contributed by atoms with E-state index in [-0.39, 0.29) is 5.91 Å². The van der Waals surface area contributed by atoms with Gasteiger partial charge in [-0.3, -0.25) is 4.79 Å². The summed E-state index contributed by atoms with van der Waals surface area (Å²) in [6.45, 7) is 5.64. The monoisotopic (exact) mass is 343 g/mol. The van der Waals surface area contributed by atoms with E-state index in [1.807, 2.05) is 31.2 Å². The number of nitrogens with one attached hydrogen (secondary N) is 1. The molecule has 5 nitrogen and oxygen atoms in total. The second kappa shape index (κ2) is 10.2. The van der Waals surface area contributed by atoms with Gasteiger partial charge in [0.1, 0.15) is 5.76 Å². The van der Waals surface area contributed by atoms with Crippen LogP contribution in [0.25, 0.3) is 6.08 Å². The van der Waals surface area contributed by atoms with Crippen LogP contribution in [-0.4, -0.2) is 19.1 Å². The van der Waals surface area contributed by atoms with Gasteiger partial charge in [-0.2, -0.15) is 0 Å². The average molecular weight is 343 g/mol. The molecule has 0 aliphatic rings. The molecule has 2 aromatic rings. The van der Waals surface area contributed by atoms with Crippen molar-refractivity contribution in [3.8, 4) is 11.5 Å². The highest BCUT2D eigenvalue weighted by Gasteiger charge is 2.06. The molecule has 1 aromatic heterocycles. The summed E-state index contributed by atoms with van der Waals surface area (Å²) >= 11 is 0. The molecule has 1 amide bonds. The van der Waals surface area contributed by atoms with Gasteiger partial charge in [0.2, 0.25) is 5.91 Å². The third-order valence-corrected chi connectivity index (χ3v) is 3.47. The Labute approximate surface area is 148 Å². The summed E-state index contributed by atoms with van der Waals surface area (Å²) in [4.78, 5) is 11.9. The number of carbonyl (C=O) groups excluding carboxylic acids is 1. The van der Waals surface area contributed by atoms with E-state index < -0.39 is 0 Å². The van der Waals surface area contributed by atoms with Crippen LogP contribution >= 0.6 is 0 Å². The van der Waals surface area contributed by atoms with Crippen molar-refractivity contribution < 1.29 is 18.7 Å². The zero-order valence-electron chi connectivity index (χ0n) is 14.8. The maximum atomic E-state index is 11.9. The van der Waals surface area contributed by atoms with Gasteiger partial charge in [0.25, 0.3) is 0 Å². The largest absolute Gasteiger partial charge is 0.490 e. The highest BCUT2D eigenvalue weighted by Crippen LogP contribution is 2.29. The van der Waals surface area contributed by atoms with Crippen LogP contribution in [0.3, 0.4) is 0 Å². The fraction of sp³-hybridized carbons (Fsp3) is 0.350. The molecular weight excluding hydrogens is 318 g/mol. The highest BCUT2D eigenvalue weighted by molar-refractivity contribution is 5.91. The standard InChI is InChI=1S/C20H25NO4/c1-3-5-12-25-18-10-8-16(14-19(18)23-4-2)9-11-20(22)21-15-17-7-6-13-24-17/h6-11,13-14H,3-5,12,15H2,1-2H3,(H,21,22)/b11-9+. The molecule has 0 radical (unpaired) electrons. The van der Waals surface area contributed by atoms with Crippen molar-refractivity contribution in [3.63, 3.8) is 0 Å². The van der Waals surface area contributed by atoms with E-state index in [1.165, 1.54) is 6.08 Å². The number of benzene rings is 1. The van der Waals surface area contributed by atoms with E-state index in [2.05, 4.69) is 12.2 Å². The molecule has 5 heteroatoms. The second-order valence-corrected chi connectivity index (χ2v) is 5.47. The van der Waals surface area contributed by atoms with Gasteiger partial charge in [-0.05, 0) is 49.2 Å². The predicted molar refractivity (Wildman–Crippen MR) is 97.6 cm³/mol. The molecular formula is C20H25NO4. The molecule has 1 heterocycles. The van der Waals surface area contributed by atoms with Gasteiger partial charge in [-0.15, -0.1) is 0 Å². The highest BCUT2D eigenvalue weighted by atomic mass is 16.5. The average Bonchev–Trinajstić information content (AvgIpc) is 3.14. The lowest BCUT2D eigenvalue weighted by atomic mass is 10.2. The Morgan fingerprint density at radius 3 is 2.80 bits per heavy atom. The Hall–Kier alpha value is -2.69. The SMILES string of the molecule is CCCCOc1ccc(/C=C/C(=O)NCc2ccco2)cc1OCC. The number of hydrogen-bond donors (Lipinski definition) is 1. The Morgan fingerprint density at radius 2 is 2.08 bits per heavy atom. The van der Waals surface area contributed by atoms with Crippen molar-refractivity contribution in [2.24, 2.45) is 0 Å². The van der Waals surface area contributed by atoms with Crippen molar-refractivity contribution in [2.45, 2.75) is 33.2 Å². The number of unbranched alkanes of at least 4 members (excludes halogenated alkanes) is 1. The fourth-order valence-corrected chi connectivity index (χ4v) is 2.16. The van der Waals surface area contributed by atoms with Gasteiger partial charge in [0.05, 0.1) is 26.0 Å². The van der Waals surface area contributed by atoms with Crippen LogP contribution in [0, 0.1) is 0 Å². The van der Waals surface area contributed by atoms with Crippen LogP contribution in [0.4, 0.5) is 0 Å². The van der Waals surface area contributed by atoms with Gasteiger partial charge in [0, 0.05) is 6.08 Å². The summed E-state index contributed by atoms with van der Waals surface area (Å²) in [7, 11) is 0. The molecule has 1 aromatic carbocycles. The third-order valence-electron chi connectivity index (χ3n) is 3.47. The van der Waals surface area contributed by atoms with Gasteiger partial charge in [-0.25, -0.2) is 0 Å². The number of hydrogen-bond acceptors (Lipinski definition) is 4. The number of ether oxygens (including phenoxy) is 2. The fourth-order valence-electron chi connectivity index (χ4n) is 2.16. The van der Waals surface area contributed by atoms with Crippen molar-refractivity contribution in [1.82, 2.24) is 5.32 Å². The molecule has 0 aliphatic heterocycles. The first-order valence-electron chi connectivity index (χ1n) is 8.60. The third kappa shape index (κ3) is 6.37. The molecule has 0 unspecified atom stereocenters. The molecule has 2 rings (SSSR count). The summed E-state index contributed by atoms with van der Waals surface area (Å²) in [6, 6.07) is 9.26.